The molecule has 0 atom stereocenters. The van der Waals surface area contributed by atoms with Crippen molar-refractivity contribution in [1.82, 2.24) is 0 Å². The lowest BCUT2D eigenvalue weighted by molar-refractivity contribution is -0.889. The van der Waals surface area contributed by atoms with E-state index in [2.05, 4.69) is 36.5 Å². The molecule has 0 aromatic carbocycles. The first-order valence-corrected chi connectivity index (χ1v) is 4.88. The Labute approximate surface area is 86.0 Å². The molecule has 0 aromatic heterocycles. The van der Waals surface area contributed by atoms with Crippen LogP contribution >= 0.6 is 12.2 Å². The number of isothiocyanates is 1. The van der Waals surface area contributed by atoms with E-state index in [0.29, 0.717) is 0 Å². The van der Waals surface area contributed by atoms with Crippen molar-refractivity contribution in [2.75, 3.05) is 47.4 Å². The summed E-state index contributed by atoms with van der Waals surface area (Å²) in [5.74, 6) is 0. The third-order valence-electron chi connectivity index (χ3n) is 1.99. The summed E-state index contributed by atoms with van der Waals surface area (Å²) in [5.41, 5.74) is 0. The summed E-state index contributed by atoms with van der Waals surface area (Å²) in [6, 6.07) is 0. The second-order valence-electron chi connectivity index (χ2n) is 3.70. The number of likely N-dealkylation sites (N-methyl/N-ethyl adjacent to an activating group) is 1. The van der Waals surface area contributed by atoms with Crippen molar-refractivity contribution < 1.29 is 9.22 Å². The summed E-state index contributed by atoms with van der Waals surface area (Å²) >= 11 is 4.50. The van der Waals surface area contributed by atoms with E-state index in [4.69, 9.17) is 4.74 Å². The second-order valence-corrected chi connectivity index (χ2v) is 3.88. The quantitative estimate of drug-likeness (QED) is 0.268. The van der Waals surface area contributed by atoms with Gasteiger partial charge >= 0.3 is 0 Å². The molecule has 4 heteroatoms. The number of methoxy groups -OCH3 is 1. The predicted octanol–water partition coefficient (Wildman–Crippen LogP) is 1.20. The highest BCUT2D eigenvalue weighted by Crippen LogP contribution is 1.98. The normalized spacial score (nSPS) is 11.0. The van der Waals surface area contributed by atoms with Gasteiger partial charge in [-0.15, -0.1) is 0 Å². The van der Waals surface area contributed by atoms with Gasteiger partial charge in [-0.1, -0.05) is 0 Å². The summed E-state index contributed by atoms with van der Waals surface area (Å²) in [7, 11) is 6.11. The smallest absolute Gasteiger partial charge is 0.0989 e. The van der Waals surface area contributed by atoms with Crippen LogP contribution in [-0.4, -0.2) is 57.1 Å². The topological polar surface area (TPSA) is 21.6 Å². The summed E-state index contributed by atoms with van der Waals surface area (Å²) in [4.78, 5) is 3.90. The van der Waals surface area contributed by atoms with Crippen LogP contribution in [0, 0.1) is 0 Å². The summed E-state index contributed by atoms with van der Waals surface area (Å²) in [6.45, 7) is 3.72. The van der Waals surface area contributed by atoms with Gasteiger partial charge < -0.3 is 9.22 Å². The van der Waals surface area contributed by atoms with Crippen molar-refractivity contribution in [3.63, 3.8) is 0 Å². The van der Waals surface area contributed by atoms with Gasteiger partial charge in [-0.05, 0) is 12.2 Å². The van der Waals surface area contributed by atoms with Crippen LogP contribution in [0.2, 0.25) is 0 Å². The van der Waals surface area contributed by atoms with Crippen LogP contribution < -0.4 is 0 Å². The van der Waals surface area contributed by atoms with Crippen molar-refractivity contribution in [3.8, 4) is 0 Å². The van der Waals surface area contributed by atoms with E-state index in [-0.39, 0.29) is 0 Å². The average molecular weight is 203 g/mol. The lowest BCUT2D eigenvalue weighted by Gasteiger charge is -2.28. The predicted molar refractivity (Wildman–Crippen MR) is 58.2 cm³/mol. The number of aliphatic imine (C=N–C) groups is 1. The number of ether oxygens (including phenoxy) is 1. The van der Waals surface area contributed by atoms with E-state index in [1.54, 1.807) is 7.11 Å². The van der Waals surface area contributed by atoms with Crippen molar-refractivity contribution in [2.24, 2.45) is 4.99 Å². The third-order valence-corrected chi connectivity index (χ3v) is 2.12. The Hall–Kier alpha value is -0.280. The summed E-state index contributed by atoms with van der Waals surface area (Å²) in [6.07, 6.45) is 1.09. The van der Waals surface area contributed by atoms with E-state index in [1.165, 1.54) is 0 Å². The molecular formula is C9H19N2OS+. The molecule has 0 amide bonds. The Bertz CT molecular complexity index is 176. The van der Waals surface area contributed by atoms with Gasteiger partial charge in [0, 0.05) is 13.5 Å². The largest absolute Gasteiger partial charge is 0.384 e. The molecule has 0 N–H and O–H groups in total. The van der Waals surface area contributed by atoms with Gasteiger partial charge in [0.05, 0.1) is 45.5 Å². The van der Waals surface area contributed by atoms with Crippen molar-refractivity contribution in [3.05, 3.63) is 0 Å². The van der Waals surface area contributed by atoms with Crippen LogP contribution in [0.3, 0.4) is 0 Å². The number of hydrogen-bond acceptors (Lipinski definition) is 3. The summed E-state index contributed by atoms with van der Waals surface area (Å²) < 4.78 is 5.96. The molecule has 0 bridgehead atoms. The Morgan fingerprint density at radius 3 is 2.62 bits per heavy atom. The molecule has 3 nitrogen and oxygen atoms in total. The first-order chi connectivity index (χ1) is 6.12. The van der Waals surface area contributed by atoms with Gasteiger partial charge in [0.1, 0.15) is 0 Å². The van der Waals surface area contributed by atoms with E-state index < -0.39 is 0 Å². The molecule has 13 heavy (non-hydrogen) atoms. The standard InChI is InChI=1S/C9H19N2OS/c1-11(2,6-4-8-12-3)7-5-10-9-13/h4-8H2,1-3H3/q+1. The SMILES string of the molecule is COCCC[N+](C)(C)CCN=C=S. The fourth-order valence-electron chi connectivity index (χ4n) is 1.12. The molecule has 0 aliphatic rings. The minimum Gasteiger partial charge on any atom is -0.384 e. The van der Waals surface area contributed by atoms with Crippen LogP contribution in [0.25, 0.3) is 0 Å². The monoisotopic (exact) mass is 203 g/mol. The third kappa shape index (κ3) is 8.06. The molecule has 0 saturated carbocycles. The van der Waals surface area contributed by atoms with Gasteiger partial charge in [-0.2, -0.15) is 0 Å². The second kappa shape index (κ2) is 7.15. The molecule has 0 rings (SSSR count). The van der Waals surface area contributed by atoms with Gasteiger partial charge in [0.25, 0.3) is 0 Å². The van der Waals surface area contributed by atoms with Crippen LogP contribution in [0.15, 0.2) is 4.99 Å². The fraction of sp³-hybridized carbons (Fsp3) is 0.889. The molecule has 0 aromatic rings. The molecule has 0 spiro atoms. The Balaban J connectivity index is 3.59. The van der Waals surface area contributed by atoms with E-state index in [0.717, 1.165) is 37.1 Å². The number of nitrogens with zero attached hydrogens (tertiary/aromatic N) is 2. The highest BCUT2D eigenvalue weighted by Gasteiger charge is 2.12. The van der Waals surface area contributed by atoms with Crippen LogP contribution in [0.4, 0.5) is 0 Å². The highest BCUT2D eigenvalue weighted by atomic mass is 32.1. The van der Waals surface area contributed by atoms with E-state index in [1.807, 2.05) is 0 Å². The first kappa shape index (κ1) is 12.7. The zero-order valence-corrected chi connectivity index (χ0v) is 9.56. The maximum Gasteiger partial charge on any atom is 0.0989 e. The van der Waals surface area contributed by atoms with Gasteiger partial charge in [0.2, 0.25) is 0 Å². The van der Waals surface area contributed by atoms with Gasteiger partial charge in [-0.25, -0.2) is 4.99 Å². The Morgan fingerprint density at radius 1 is 1.38 bits per heavy atom. The van der Waals surface area contributed by atoms with Crippen LogP contribution in [0.5, 0.6) is 0 Å². The van der Waals surface area contributed by atoms with Crippen LogP contribution in [-0.2, 0) is 4.74 Å². The molecular weight excluding hydrogens is 184 g/mol. The van der Waals surface area contributed by atoms with Gasteiger partial charge in [0.15, 0.2) is 0 Å². The molecule has 0 aliphatic heterocycles. The summed E-state index contributed by atoms with van der Waals surface area (Å²) in [5, 5.41) is 2.38. The van der Waals surface area contributed by atoms with Crippen molar-refractivity contribution in [1.29, 1.82) is 0 Å². The lowest BCUT2D eigenvalue weighted by Crippen LogP contribution is -2.42. The van der Waals surface area contributed by atoms with Crippen molar-refractivity contribution in [2.45, 2.75) is 6.42 Å². The zero-order chi connectivity index (χ0) is 10.2. The molecule has 0 saturated heterocycles. The van der Waals surface area contributed by atoms with E-state index >= 15 is 0 Å². The minimum absolute atomic E-state index is 0.767. The molecule has 76 valence electrons. The number of rotatable bonds is 7. The molecule has 0 fully saturated rings. The van der Waals surface area contributed by atoms with Gasteiger partial charge in [-0.3, -0.25) is 0 Å². The maximum atomic E-state index is 5.00. The molecule has 0 aliphatic carbocycles. The number of quaternary nitrogens is 1. The minimum atomic E-state index is 0.767. The maximum absolute atomic E-state index is 5.00. The molecule has 0 radical (unpaired) electrons. The Kier molecular flexibility index (Phi) is 7.00. The average Bonchev–Trinajstić information content (AvgIpc) is 2.05. The number of hydrogen-bond donors (Lipinski definition) is 0. The van der Waals surface area contributed by atoms with Crippen LogP contribution in [0.1, 0.15) is 6.42 Å². The fourth-order valence-corrected chi connectivity index (χ4v) is 1.21. The zero-order valence-electron chi connectivity index (χ0n) is 8.75. The Morgan fingerprint density at radius 2 is 2.08 bits per heavy atom. The molecule has 0 unspecified atom stereocenters. The van der Waals surface area contributed by atoms with Crippen molar-refractivity contribution >= 4 is 17.4 Å². The highest BCUT2D eigenvalue weighted by molar-refractivity contribution is 7.78. The number of thiocarbonyl (C=S) groups is 1. The first-order valence-electron chi connectivity index (χ1n) is 4.47. The van der Waals surface area contributed by atoms with E-state index in [9.17, 15) is 0 Å². The lowest BCUT2D eigenvalue weighted by atomic mass is 10.3. The molecule has 0 heterocycles.